The van der Waals surface area contributed by atoms with Gasteiger partial charge in [-0.1, -0.05) is 82.6 Å². The minimum absolute atomic E-state index is 0.0170. The van der Waals surface area contributed by atoms with Crippen molar-refractivity contribution in [1.82, 2.24) is 0 Å². The van der Waals surface area contributed by atoms with Crippen LogP contribution >= 0.6 is 11.6 Å². The molecule has 37 heavy (non-hydrogen) atoms. The molecule has 0 saturated carbocycles. The Morgan fingerprint density at radius 2 is 1.59 bits per heavy atom. The zero-order chi connectivity index (χ0) is 27.1. The number of anilines is 1. The summed E-state index contributed by atoms with van der Waals surface area (Å²) in [6, 6.07) is 19.4. The van der Waals surface area contributed by atoms with Gasteiger partial charge in [-0.3, -0.25) is 14.5 Å². The normalized spacial score (nSPS) is 17.5. The van der Waals surface area contributed by atoms with Gasteiger partial charge in [-0.25, -0.2) is 0 Å². The monoisotopic (exact) mass is 517 g/mol. The van der Waals surface area contributed by atoms with Crippen LogP contribution < -0.4 is 9.64 Å². The van der Waals surface area contributed by atoms with E-state index in [4.69, 9.17) is 16.3 Å². The van der Waals surface area contributed by atoms with Gasteiger partial charge in [0.15, 0.2) is 0 Å². The quantitative estimate of drug-likeness (QED) is 0.217. The van der Waals surface area contributed by atoms with E-state index in [-0.39, 0.29) is 27.3 Å². The number of halogens is 1. The fourth-order valence-corrected chi connectivity index (χ4v) is 4.76. The van der Waals surface area contributed by atoms with Gasteiger partial charge < -0.3 is 9.84 Å². The number of rotatable bonds is 5. The summed E-state index contributed by atoms with van der Waals surface area (Å²) in [5.74, 6) is -1.03. The topological polar surface area (TPSA) is 66.8 Å². The first-order valence-electron chi connectivity index (χ1n) is 12.3. The number of nitrogens with zero attached hydrogens (tertiary/aromatic N) is 1. The molecule has 1 aliphatic heterocycles. The van der Waals surface area contributed by atoms with E-state index in [1.54, 1.807) is 18.2 Å². The maximum absolute atomic E-state index is 13.5. The molecular weight excluding hydrogens is 486 g/mol. The third kappa shape index (κ3) is 5.01. The van der Waals surface area contributed by atoms with Crippen molar-refractivity contribution in [2.24, 2.45) is 0 Å². The molecule has 0 bridgehead atoms. The first kappa shape index (κ1) is 26.5. The lowest BCUT2D eigenvalue weighted by Gasteiger charge is -2.27. The Hall–Kier alpha value is -3.57. The third-order valence-electron chi connectivity index (χ3n) is 6.80. The van der Waals surface area contributed by atoms with Crippen molar-refractivity contribution in [3.8, 4) is 5.75 Å². The number of aliphatic hydroxyl groups is 1. The molecule has 0 aliphatic carbocycles. The summed E-state index contributed by atoms with van der Waals surface area (Å²) in [4.78, 5) is 28.4. The fourth-order valence-electron chi connectivity index (χ4n) is 4.56. The first-order valence-corrected chi connectivity index (χ1v) is 12.7. The Labute approximate surface area is 223 Å². The molecule has 1 aliphatic rings. The molecule has 3 aromatic carbocycles. The Bertz CT molecular complexity index is 1370. The molecule has 1 amide bonds. The highest BCUT2D eigenvalue weighted by Gasteiger charge is 2.47. The largest absolute Gasteiger partial charge is 0.507 e. The SMILES string of the molecule is COc1ccc(Cl)c(/C(O)=C2\C(=O)C(=O)N(c3ccc(C(C)C)cc3)C2c2ccc(C(C)(C)C)cc2)c1. The predicted molar refractivity (Wildman–Crippen MR) is 148 cm³/mol. The van der Waals surface area contributed by atoms with E-state index in [2.05, 4.69) is 34.6 Å². The molecule has 3 aromatic rings. The summed E-state index contributed by atoms with van der Waals surface area (Å²) in [5.41, 5.74) is 3.66. The Morgan fingerprint density at radius 1 is 0.973 bits per heavy atom. The maximum atomic E-state index is 13.5. The molecule has 1 heterocycles. The number of hydrogen-bond acceptors (Lipinski definition) is 4. The molecule has 6 heteroatoms. The van der Waals surface area contributed by atoms with Crippen LogP contribution in [0.25, 0.3) is 5.76 Å². The second kappa shape index (κ2) is 10.1. The van der Waals surface area contributed by atoms with E-state index in [1.807, 2.05) is 48.5 Å². The zero-order valence-corrected chi connectivity index (χ0v) is 22.8. The molecular formula is C31H32ClNO4. The van der Waals surface area contributed by atoms with Crippen LogP contribution in [0.4, 0.5) is 5.69 Å². The average molecular weight is 518 g/mol. The zero-order valence-electron chi connectivity index (χ0n) is 22.0. The molecule has 192 valence electrons. The van der Waals surface area contributed by atoms with Gasteiger partial charge in [-0.05, 0) is 58.4 Å². The molecule has 1 unspecified atom stereocenters. The maximum Gasteiger partial charge on any atom is 0.300 e. The molecule has 5 nitrogen and oxygen atoms in total. The molecule has 0 aromatic heterocycles. The van der Waals surface area contributed by atoms with Crippen LogP contribution in [0.3, 0.4) is 0 Å². The average Bonchev–Trinajstić information content (AvgIpc) is 3.13. The van der Waals surface area contributed by atoms with Crippen LogP contribution in [-0.2, 0) is 15.0 Å². The van der Waals surface area contributed by atoms with E-state index in [0.29, 0.717) is 22.9 Å². The van der Waals surface area contributed by atoms with E-state index in [0.717, 1.165) is 11.1 Å². The number of hydrogen-bond donors (Lipinski definition) is 1. The second-order valence-corrected chi connectivity index (χ2v) is 11.0. The smallest absolute Gasteiger partial charge is 0.300 e. The molecule has 4 rings (SSSR count). The summed E-state index contributed by atoms with van der Waals surface area (Å²) < 4.78 is 5.29. The lowest BCUT2D eigenvalue weighted by Crippen LogP contribution is -2.29. The van der Waals surface area contributed by atoms with Crippen LogP contribution in [0.1, 0.15) is 68.8 Å². The van der Waals surface area contributed by atoms with Crippen molar-refractivity contribution < 1.29 is 19.4 Å². The Balaban J connectivity index is 1.94. The fraction of sp³-hybridized carbons (Fsp3) is 0.290. The summed E-state index contributed by atoms with van der Waals surface area (Å²) in [5, 5.41) is 11.7. The number of Topliss-reactive ketones (excluding diaryl/α,β-unsaturated/α-hetero) is 1. The number of methoxy groups -OCH3 is 1. The standard InChI is InChI=1S/C31H32ClNO4/c1-18(2)19-9-13-22(14-10-19)33-27(20-7-11-21(12-8-20)31(3,4)5)26(29(35)30(33)36)28(34)24-17-23(37-6)15-16-25(24)32/h7-18,27,34H,1-6H3/b28-26+. The first-order chi connectivity index (χ1) is 17.4. The second-order valence-electron chi connectivity index (χ2n) is 10.6. The van der Waals surface area contributed by atoms with Crippen molar-refractivity contribution >= 4 is 34.7 Å². The van der Waals surface area contributed by atoms with Gasteiger partial charge in [0, 0.05) is 11.3 Å². The lowest BCUT2D eigenvalue weighted by molar-refractivity contribution is -0.132. The molecule has 1 saturated heterocycles. The van der Waals surface area contributed by atoms with Gasteiger partial charge in [0.05, 0.1) is 23.7 Å². The van der Waals surface area contributed by atoms with Gasteiger partial charge in [0.1, 0.15) is 11.5 Å². The Morgan fingerprint density at radius 3 is 2.14 bits per heavy atom. The van der Waals surface area contributed by atoms with Gasteiger partial charge in [-0.2, -0.15) is 0 Å². The predicted octanol–water partition coefficient (Wildman–Crippen LogP) is 7.40. The van der Waals surface area contributed by atoms with Crippen molar-refractivity contribution in [2.75, 3.05) is 12.0 Å². The highest BCUT2D eigenvalue weighted by molar-refractivity contribution is 6.52. The number of ether oxygens (including phenoxy) is 1. The van der Waals surface area contributed by atoms with Crippen LogP contribution in [-0.4, -0.2) is 23.9 Å². The van der Waals surface area contributed by atoms with Crippen molar-refractivity contribution in [3.63, 3.8) is 0 Å². The summed E-state index contributed by atoms with van der Waals surface area (Å²) in [7, 11) is 1.50. The van der Waals surface area contributed by atoms with Gasteiger partial charge in [0.2, 0.25) is 0 Å². The van der Waals surface area contributed by atoms with Crippen molar-refractivity contribution in [3.05, 3.63) is 99.6 Å². The number of carbonyl (C=O) groups excluding carboxylic acids is 2. The third-order valence-corrected chi connectivity index (χ3v) is 7.13. The summed E-state index contributed by atoms with van der Waals surface area (Å²) in [6.45, 7) is 10.5. The molecule has 1 N–H and O–H groups in total. The van der Waals surface area contributed by atoms with Gasteiger partial charge >= 0.3 is 0 Å². The molecule has 0 spiro atoms. The number of ketones is 1. The Kier molecular flexibility index (Phi) is 7.20. The molecule has 0 radical (unpaired) electrons. The van der Waals surface area contributed by atoms with Crippen LogP contribution in [0, 0.1) is 0 Å². The van der Waals surface area contributed by atoms with E-state index in [1.165, 1.54) is 12.0 Å². The summed E-state index contributed by atoms with van der Waals surface area (Å²) in [6.07, 6.45) is 0. The highest BCUT2D eigenvalue weighted by atomic mass is 35.5. The number of aliphatic hydroxyl groups excluding tert-OH is 1. The highest BCUT2D eigenvalue weighted by Crippen LogP contribution is 2.44. The van der Waals surface area contributed by atoms with Crippen LogP contribution in [0.15, 0.2) is 72.3 Å². The molecule has 1 atom stereocenters. The minimum atomic E-state index is -0.832. The van der Waals surface area contributed by atoms with Gasteiger partial charge in [0.25, 0.3) is 11.7 Å². The van der Waals surface area contributed by atoms with Crippen LogP contribution in [0.2, 0.25) is 5.02 Å². The van der Waals surface area contributed by atoms with E-state index < -0.39 is 17.7 Å². The number of benzene rings is 3. The lowest BCUT2D eigenvalue weighted by atomic mass is 9.85. The van der Waals surface area contributed by atoms with E-state index in [9.17, 15) is 14.7 Å². The summed E-state index contributed by atoms with van der Waals surface area (Å²) >= 11 is 6.42. The number of amides is 1. The van der Waals surface area contributed by atoms with Gasteiger partial charge in [-0.15, -0.1) is 0 Å². The van der Waals surface area contributed by atoms with Crippen molar-refractivity contribution in [1.29, 1.82) is 0 Å². The van der Waals surface area contributed by atoms with E-state index >= 15 is 0 Å². The number of carbonyl (C=O) groups is 2. The van der Waals surface area contributed by atoms with Crippen molar-refractivity contribution in [2.45, 2.75) is 52.0 Å². The molecule has 1 fully saturated rings. The van der Waals surface area contributed by atoms with Crippen LogP contribution in [0.5, 0.6) is 5.75 Å². The minimum Gasteiger partial charge on any atom is -0.507 e.